The van der Waals surface area contributed by atoms with Crippen molar-refractivity contribution in [2.75, 3.05) is 36.8 Å². The van der Waals surface area contributed by atoms with Gasteiger partial charge in [-0.1, -0.05) is 36.5 Å². The lowest BCUT2D eigenvalue weighted by atomic mass is 10.1. The highest BCUT2D eigenvalue weighted by molar-refractivity contribution is 7.99. The van der Waals surface area contributed by atoms with Crippen LogP contribution in [0.25, 0.3) is 10.2 Å². The van der Waals surface area contributed by atoms with Crippen molar-refractivity contribution in [3.05, 3.63) is 53.6 Å². The van der Waals surface area contributed by atoms with Crippen molar-refractivity contribution < 1.29 is 4.79 Å². The highest BCUT2D eigenvalue weighted by Gasteiger charge is 2.23. The third-order valence-corrected chi connectivity index (χ3v) is 7.00. The summed E-state index contributed by atoms with van der Waals surface area (Å²) >= 11 is 3.57. The summed E-state index contributed by atoms with van der Waals surface area (Å²) in [7, 11) is 0. The standard InChI is InChI=1S/C22H25N3OS2/c1-3-27-18-7-5-17(6-8-18)15-21(26)24-10-12-25(13-11-24)22-23-19-9-4-16(2)14-20(19)28-22/h4-9,14H,3,10-13,15H2,1-2H3. The van der Waals surface area contributed by atoms with Crippen molar-refractivity contribution in [2.45, 2.75) is 25.2 Å². The topological polar surface area (TPSA) is 36.4 Å². The van der Waals surface area contributed by atoms with Crippen LogP contribution in [0.2, 0.25) is 0 Å². The number of anilines is 1. The number of carbonyl (C=O) groups is 1. The van der Waals surface area contributed by atoms with E-state index in [2.05, 4.69) is 61.2 Å². The molecule has 1 amide bonds. The van der Waals surface area contributed by atoms with Gasteiger partial charge in [0.15, 0.2) is 5.13 Å². The van der Waals surface area contributed by atoms with Crippen LogP contribution in [0.3, 0.4) is 0 Å². The molecule has 2 heterocycles. The first kappa shape index (κ1) is 19.3. The van der Waals surface area contributed by atoms with Crippen molar-refractivity contribution in [3.8, 4) is 0 Å². The van der Waals surface area contributed by atoms with Crippen molar-refractivity contribution >= 4 is 44.4 Å². The molecule has 6 heteroatoms. The van der Waals surface area contributed by atoms with E-state index in [1.165, 1.54) is 15.2 Å². The number of nitrogens with zero attached hydrogens (tertiary/aromatic N) is 3. The summed E-state index contributed by atoms with van der Waals surface area (Å²) in [6, 6.07) is 14.8. The minimum atomic E-state index is 0.218. The Bertz CT molecular complexity index is 960. The fraction of sp³-hybridized carbons (Fsp3) is 0.364. The molecule has 28 heavy (non-hydrogen) atoms. The number of aryl methyl sites for hydroxylation is 1. The Morgan fingerprint density at radius 2 is 1.86 bits per heavy atom. The maximum Gasteiger partial charge on any atom is 0.227 e. The van der Waals surface area contributed by atoms with E-state index in [0.717, 1.165) is 48.1 Å². The first-order valence-corrected chi connectivity index (χ1v) is 11.5. The summed E-state index contributed by atoms with van der Waals surface area (Å²) in [5.74, 6) is 1.28. The molecular formula is C22H25N3OS2. The molecule has 4 rings (SSSR count). The highest BCUT2D eigenvalue weighted by Crippen LogP contribution is 2.30. The van der Waals surface area contributed by atoms with Gasteiger partial charge in [-0.05, 0) is 48.1 Å². The fourth-order valence-corrected chi connectivity index (χ4v) is 5.24. The summed E-state index contributed by atoms with van der Waals surface area (Å²) in [6.07, 6.45) is 0.484. The van der Waals surface area contributed by atoms with Gasteiger partial charge in [0.25, 0.3) is 0 Å². The molecule has 1 aliphatic rings. The van der Waals surface area contributed by atoms with E-state index in [0.29, 0.717) is 6.42 Å². The van der Waals surface area contributed by atoms with Gasteiger partial charge in [-0.25, -0.2) is 4.98 Å². The average molecular weight is 412 g/mol. The van der Waals surface area contributed by atoms with Crippen LogP contribution in [0.5, 0.6) is 0 Å². The smallest absolute Gasteiger partial charge is 0.227 e. The first-order valence-electron chi connectivity index (χ1n) is 9.74. The van der Waals surface area contributed by atoms with Crippen LogP contribution >= 0.6 is 23.1 Å². The second kappa shape index (κ2) is 8.53. The van der Waals surface area contributed by atoms with Gasteiger partial charge in [-0.2, -0.15) is 0 Å². The number of carbonyl (C=O) groups excluding carboxylic acids is 1. The monoisotopic (exact) mass is 411 g/mol. The van der Waals surface area contributed by atoms with E-state index >= 15 is 0 Å². The third kappa shape index (κ3) is 4.33. The molecule has 3 aromatic rings. The van der Waals surface area contributed by atoms with E-state index in [1.807, 2.05) is 16.7 Å². The minimum absolute atomic E-state index is 0.218. The van der Waals surface area contributed by atoms with Crippen molar-refractivity contribution in [3.63, 3.8) is 0 Å². The molecule has 0 aliphatic carbocycles. The van der Waals surface area contributed by atoms with Crippen LogP contribution in [-0.4, -0.2) is 47.7 Å². The number of fused-ring (bicyclic) bond motifs is 1. The Balaban J connectivity index is 1.34. The van der Waals surface area contributed by atoms with Gasteiger partial charge in [0.1, 0.15) is 0 Å². The lowest BCUT2D eigenvalue weighted by Crippen LogP contribution is -2.49. The molecular weight excluding hydrogens is 386 g/mol. The molecule has 0 bridgehead atoms. The molecule has 146 valence electrons. The molecule has 0 unspecified atom stereocenters. The lowest BCUT2D eigenvalue weighted by Gasteiger charge is -2.34. The van der Waals surface area contributed by atoms with E-state index < -0.39 is 0 Å². The van der Waals surface area contributed by atoms with Crippen LogP contribution in [-0.2, 0) is 11.2 Å². The number of benzene rings is 2. The van der Waals surface area contributed by atoms with Gasteiger partial charge in [-0.15, -0.1) is 11.8 Å². The molecule has 2 aromatic carbocycles. The third-order valence-electron chi connectivity index (χ3n) is 5.03. The van der Waals surface area contributed by atoms with E-state index in [9.17, 15) is 4.79 Å². The van der Waals surface area contributed by atoms with Crippen LogP contribution in [0.4, 0.5) is 5.13 Å². The van der Waals surface area contributed by atoms with E-state index in [-0.39, 0.29) is 5.91 Å². The zero-order valence-electron chi connectivity index (χ0n) is 16.4. The number of thiazole rings is 1. The van der Waals surface area contributed by atoms with Crippen molar-refractivity contribution in [1.82, 2.24) is 9.88 Å². The summed E-state index contributed by atoms with van der Waals surface area (Å²) < 4.78 is 1.23. The summed E-state index contributed by atoms with van der Waals surface area (Å²) in [4.78, 5) is 23.0. The van der Waals surface area contributed by atoms with Crippen LogP contribution in [0.15, 0.2) is 47.4 Å². The van der Waals surface area contributed by atoms with Crippen LogP contribution in [0.1, 0.15) is 18.1 Å². The number of piperazine rings is 1. The molecule has 0 radical (unpaired) electrons. The number of thioether (sulfide) groups is 1. The van der Waals surface area contributed by atoms with Gasteiger partial charge in [0, 0.05) is 31.1 Å². The molecule has 4 nitrogen and oxygen atoms in total. The number of amides is 1. The van der Waals surface area contributed by atoms with E-state index in [1.54, 1.807) is 11.3 Å². The Labute approximate surface area is 174 Å². The second-order valence-electron chi connectivity index (χ2n) is 7.09. The average Bonchev–Trinajstić information content (AvgIpc) is 3.13. The van der Waals surface area contributed by atoms with Crippen LogP contribution in [0, 0.1) is 6.92 Å². The molecule has 1 saturated heterocycles. The van der Waals surface area contributed by atoms with Gasteiger partial charge in [-0.3, -0.25) is 4.79 Å². The molecule has 0 N–H and O–H groups in total. The summed E-state index contributed by atoms with van der Waals surface area (Å²) in [5, 5.41) is 1.07. The van der Waals surface area contributed by atoms with Crippen LogP contribution < -0.4 is 4.90 Å². The zero-order chi connectivity index (χ0) is 19.5. The maximum atomic E-state index is 12.7. The fourth-order valence-electron chi connectivity index (χ4n) is 3.46. The summed E-state index contributed by atoms with van der Waals surface area (Å²) in [5.41, 5.74) is 3.42. The molecule has 0 saturated carbocycles. The normalized spacial score (nSPS) is 14.6. The SMILES string of the molecule is CCSc1ccc(CC(=O)N2CCN(c3nc4ccc(C)cc4s3)CC2)cc1. The first-order chi connectivity index (χ1) is 13.6. The van der Waals surface area contributed by atoms with Gasteiger partial charge < -0.3 is 9.80 Å². The Morgan fingerprint density at radius 1 is 1.11 bits per heavy atom. The van der Waals surface area contributed by atoms with Gasteiger partial charge in [0.05, 0.1) is 16.6 Å². The molecule has 1 aliphatic heterocycles. The number of hydrogen-bond acceptors (Lipinski definition) is 5. The molecule has 0 spiro atoms. The Hall–Kier alpha value is -2.05. The maximum absolute atomic E-state index is 12.7. The largest absolute Gasteiger partial charge is 0.345 e. The number of rotatable bonds is 5. The second-order valence-corrected chi connectivity index (χ2v) is 9.44. The Morgan fingerprint density at radius 3 is 2.57 bits per heavy atom. The predicted octanol–water partition coefficient (Wildman–Crippen LogP) is 4.61. The van der Waals surface area contributed by atoms with Crippen molar-refractivity contribution in [1.29, 1.82) is 0 Å². The molecule has 1 fully saturated rings. The summed E-state index contributed by atoms with van der Waals surface area (Å²) in [6.45, 7) is 7.47. The predicted molar refractivity (Wildman–Crippen MR) is 120 cm³/mol. The van der Waals surface area contributed by atoms with E-state index in [4.69, 9.17) is 4.98 Å². The number of hydrogen-bond donors (Lipinski definition) is 0. The lowest BCUT2D eigenvalue weighted by molar-refractivity contribution is -0.130. The molecule has 1 aromatic heterocycles. The number of aromatic nitrogens is 1. The highest BCUT2D eigenvalue weighted by atomic mass is 32.2. The van der Waals surface area contributed by atoms with Gasteiger partial charge in [0.2, 0.25) is 5.91 Å². The van der Waals surface area contributed by atoms with Gasteiger partial charge >= 0.3 is 0 Å². The molecule has 0 atom stereocenters. The zero-order valence-corrected chi connectivity index (χ0v) is 18.0. The Kier molecular flexibility index (Phi) is 5.87. The quantitative estimate of drug-likeness (QED) is 0.575. The van der Waals surface area contributed by atoms with Crippen molar-refractivity contribution in [2.24, 2.45) is 0 Å². The minimum Gasteiger partial charge on any atom is -0.345 e.